The van der Waals surface area contributed by atoms with Gasteiger partial charge in [0, 0.05) is 24.7 Å². The second-order valence-corrected chi connectivity index (χ2v) is 5.84. The van der Waals surface area contributed by atoms with Crippen molar-refractivity contribution in [1.29, 1.82) is 0 Å². The van der Waals surface area contributed by atoms with Gasteiger partial charge in [-0.25, -0.2) is 0 Å². The molecule has 1 atom stereocenters. The van der Waals surface area contributed by atoms with Crippen molar-refractivity contribution >= 4 is 17.5 Å². The van der Waals surface area contributed by atoms with Crippen molar-refractivity contribution in [3.05, 3.63) is 59.0 Å². The molecule has 23 heavy (non-hydrogen) atoms. The van der Waals surface area contributed by atoms with E-state index in [1.807, 2.05) is 24.3 Å². The van der Waals surface area contributed by atoms with Crippen molar-refractivity contribution in [1.82, 2.24) is 10.2 Å². The van der Waals surface area contributed by atoms with E-state index in [1.54, 1.807) is 12.1 Å². The van der Waals surface area contributed by atoms with Gasteiger partial charge in [0.15, 0.2) is 5.76 Å². The number of hydrogen-bond donors (Lipinski definition) is 1. The van der Waals surface area contributed by atoms with Crippen molar-refractivity contribution in [2.24, 2.45) is 0 Å². The van der Waals surface area contributed by atoms with Crippen LogP contribution in [0, 0.1) is 0 Å². The summed E-state index contributed by atoms with van der Waals surface area (Å²) < 4.78 is 10.6. The fourth-order valence-electron chi connectivity index (χ4n) is 2.72. The van der Waals surface area contributed by atoms with Crippen molar-refractivity contribution in [3.8, 4) is 0 Å². The van der Waals surface area contributed by atoms with Gasteiger partial charge < -0.3 is 14.5 Å². The van der Waals surface area contributed by atoms with Crippen LogP contribution in [0.25, 0.3) is 0 Å². The third kappa shape index (κ3) is 4.13. The first-order valence-corrected chi connectivity index (χ1v) is 8.01. The van der Waals surface area contributed by atoms with Crippen LogP contribution < -0.4 is 5.32 Å². The van der Waals surface area contributed by atoms with E-state index in [2.05, 4.69) is 10.2 Å². The number of hydrogen-bond acceptors (Lipinski definition) is 4. The smallest absolute Gasteiger partial charge is 0.287 e. The quantitative estimate of drug-likeness (QED) is 0.913. The lowest BCUT2D eigenvalue weighted by Crippen LogP contribution is -2.43. The molecule has 1 fully saturated rings. The summed E-state index contributed by atoms with van der Waals surface area (Å²) in [5, 5.41) is 3.65. The normalized spacial score (nSPS) is 16.9. The van der Waals surface area contributed by atoms with Crippen LogP contribution in [-0.4, -0.2) is 43.7 Å². The molecule has 0 bridgehead atoms. The Kier molecular flexibility index (Phi) is 5.33. The first-order valence-electron chi connectivity index (χ1n) is 7.63. The standard InChI is InChI=1S/C17H19ClN2O3/c18-14-5-3-13(4-6-14)15(20-7-10-22-11-8-20)12-19-17(21)16-2-1-9-23-16/h1-6,9,15H,7-8,10-12H2,(H,19,21). The van der Waals surface area contributed by atoms with Crippen LogP contribution in [-0.2, 0) is 4.74 Å². The number of amides is 1. The van der Waals surface area contributed by atoms with Gasteiger partial charge in [0.05, 0.1) is 25.5 Å². The highest BCUT2D eigenvalue weighted by atomic mass is 35.5. The monoisotopic (exact) mass is 334 g/mol. The Morgan fingerprint density at radius 1 is 1.22 bits per heavy atom. The maximum atomic E-state index is 12.1. The predicted molar refractivity (Wildman–Crippen MR) is 87.6 cm³/mol. The van der Waals surface area contributed by atoms with Crippen LogP contribution in [0.2, 0.25) is 5.02 Å². The zero-order valence-corrected chi connectivity index (χ0v) is 13.5. The number of carbonyl (C=O) groups is 1. The van der Waals surface area contributed by atoms with Gasteiger partial charge >= 0.3 is 0 Å². The average molecular weight is 335 g/mol. The Morgan fingerprint density at radius 2 is 1.96 bits per heavy atom. The lowest BCUT2D eigenvalue weighted by Gasteiger charge is -2.34. The Hall–Kier alpha value is -1.82. The van der Waals surface area contributed by atoms with E-state index in [-0.39, 0.29) is 11.9 Å². The van der Waals surface area contributed by atoms with E-state index in [9.17, 15) is 4.79 Å². The first-order chi connectivity index (χ1) is 11.2. The van der Waals surface area contributed by atoms with Crippen molar-refractivity contribution in [2.45, 2.75) is 6.04 Å². The number of furan rings is 1. The molecule has 5 nitrogen and oxygen atoms in total. The summed E-state index contributed by atoms with van der Waals surface area (Å²) in [6, 6.07) is 11.2. The molecule has 1 unspecified atom stereocenters. The molecule has 1 aromatic carbocycles. The fourth-order valence-corrected chi connectivity index (χ4v) is 2.84. The molecule has 0 radical (unpaired) electrons. The van der Waals surface area contributed by atoms with Crippen LogP contribution in [0.15, 0.2) is 47.1 Å². The van der Waals surface area contributed by atoms with Gasteiger partial charge in [-0.15, -0.1) is 0 Å². The summed E-state index contributed by atoms with van der Waals surface area (Å²) in [7, 11) is 0. The van der Waals surface area contributed by atoms with Gasteiger partial charge in [-0.05, 0) is 29.8 Å². The molecule has 2 heterocycles. The van der Waals surface area contributed by atoms with Crippen LogP contribution in [0.4, 0.5) is 0 Å². The minimum absolute atomic E-state index is 0.0788. The Balaban J connectivity index is 1.72. The fraction of sp³-hybridized carbons (Fsp3) is 0.353. The molecule has 1 N–H and O–H groups in total. The summed E-state index contributed by atoms with van der Waals surface area (Å²) in [5.74, 6) is 0.115. The van der Waals surface area contributed by atoms with Crippen LogP contribution >= 0.6 is 11.6 Å². The van der Waals surface area contributed by atoms with Crippen LogP contribution in [0.5, 0.6) is 0 Å². The molecular formula is C17H19ClN2O3. The highest BCUT2D eigenvalue weighted by Crippen LogP contribution is 2.23. The van der Waals surface area contributed by atoms with E-state index < -0.39 is 0 Å². The molecule has 1 aromatic heterocycles. The highest BCUT2D eigenvalue weighted by molar-refractivity contribution is 6.30. The summed E-state index contributed by atoms with van der Waals surface area (Å²) in [5.41, 5.74) is 1.12. The molecule has 122 valence electrons. The first kappa shape index (κ1) is 16.1. The predicted octanol–water partition coefficient (Wildman–Crippen LogP) is 2.74. The highest BCUT2D eigenvalue weighted by Gasteiger charge is 2.23. The number of nitrogens with one attached hydrogen (secondary N) is 1. The van der Waals surface area contributed by atoms with Crippen LogP contribution in [0.3, 0.4) is 0 Å². The topological polar surface area (TPSA) is 54.7 Å². The molecule has 3 rings (SSSR count). The molecule has 1 aliphatic rings. The molecule has 0 spiro atoms. The molecular weight excluding hydrogens is 316 g/mol. The maximum Gasteiger partial charge on any atom is 0.287 e. The zero-order chi connectivity index (χ0) is 16.1. The lowest BCUT2D eigenvalue weighted by atomic mass is 10.0. The van der Waals surface area contributed by atoms with Crippen molar-refractivity contribution < 1.29 is 13.9 Å². The van der Waals surface area contributed by atoms with Crippen molar-refractivity contribution in [2.75, 3.05) is 32.8 Å². The van der Waals surface area contributed by atoms with Gasteiger partial charge in [0.1, 0.15) is 0 Å². The second kappa shape index (κ2) is 7.64. The Morgan fingerprint density at radius 3 is 2.61 bits per heavy atom. The van der Waals surface area contributed by atoms with E-state index >= 15 is 0 Å². The van der Waals surface area contributed by atoms with E-state index in [0.717, 1.165) is 18.7 Å². The zero-order valence-electron chi connectivity index (χ0n) is 12.7. The summed E-state index contributed by atoms with van der Waals surface area (Å²) in [6.07, 6.45) is 1.49. The maximum absolute atomic E-state index is 12.1. The summed E-state index contributed by atoms with van der Waals surface area (Å²) >= 11 is 5.98. The van der Waals surface area contributed by atoms with Gasteiger partial charge in [0.25, 0.3) is 5.91 Å². The molecule has 0 aliphatic carbocycles. The molecule has 1 saturated heterocycles. The van der Waals surface area contributed by atoms with E-state index in [1.165, 1.54) is 6.26 Å². The van der Waals surface area contributed by atoms with E-state index in [0.29, 0.717) is 30.5 Å². The van der Waals surface area contributed by atoms with Gasteiger partial charge in [0.2, 0.25) is 0 Å². The molecule has 1 aliphatic heterocycles. The SMILES string of the molecule is O=C(NCC(c1ccc(Cl)cc1)N1CCOCC1)c1ccco1. The second-order valence-electron chi connectivity index (χ2n) is 5.40. The number of rotatable bonds is 5. The largest absolute Gasteiger partial charge is 0.459 e. The Bertz CT molecular complexity index is 622. The summed E-state index contributed by atoms with van der Waals surface area (Å²) in [4.78, 5) is 14.4. The van der Waals surface area contributed by atoms with Crippen molar-refractivity contribution in [3.63, 3.8) is 0 Å². The number of halogens is 1. The third-order valence-electron chi connectivity index (χ3n) is 3.94. The van der Waals surface area contributed by atoms with E-state index in [4.69, 9.17) is 20.8 Å². The van der Waals surface area contributed by atoms with Crippen LogP contribution in [0.1, 0.15) is 22.2 Å². The summed E-state index contributed by atoms with van der Waals surface area (Å²) in [6.45, 7) is 3.58. The molecule has 0 saturated carbocycles. The number of morpholine rings is 1. The molecule has 1 amide bonds. The molecule has 6 heteroatoms. The number of nitrogens with zero attached hydrogens (tertiary/aromatic N) is 1. The Labute approximate surface area is 140 Å². The number of ether oxygens (including phenoxy) is 1. The van der Waals surface area contributed by atoms with Gasteiger partial charge in [-0.3, -0.25) is 9.69 Å². The molecule has 2 aromatic rings. The third-order valence-corrected chi connectivity index (χ3v) is 4.19. The lowest BCUT2D eigenvalue weighted by molar-refractivity contribution is 0.0161. The van der Waals surface area contributed by atoms with Gasteiger partial charge in [-0.1, -0.05) is 23.7 Å². The van der Waals surface area contributed by atoms with Gasteiger partial charge in [-0.2, -0.15) is 0 Å². The minimum Gasteiger partial charge on any atom is -0.459 e. The average Bonchev–Trinajstić information content (AvgIpc) is 3.12. The number of benzene rings is 1. The number of carbonyl (C=O) groups excluding carboxylic acids is 1. The minimum atomic E-state index is -0.206.